The molecule has 0 unspecified atom stereocenters. The van der Waals surface area contributed by atoms with E-state index in [4.69, 9.17) is 4.74 Å². The SMILES string of the molecule is C=C/C(F)=C(\C(=C)F)c1nc(C(=O)N/C(C=C)=C(\OC)SC)ns1. The number of carbonyl (C=O) groups excluding carboxylic acids is 1. The summed E-state index contributed by atoms with van der Waals surface area (Å²) >= 11 is 1.93. The average molecular weight is 371 g/mol. The van der Waals surface area contributed by atoms with E-state index in [1.807, 2.05) is 0 Å². The second-order valence-electron chi connectivity index (χ2n) is 4.02. The first-order chi connectivity index (χ1) is 11.4. The molecule has 0 saturated heterocycles. The quantitative estimate of drug-likeness (QED) is 0.553. The van der Waals surface area contributed by atoms with E-state index < -0.39 is 23.1 Å². The summed E-state index contributed by atoms with van der Waals surface area (Å²) in [5, 5.41) is 2.84. The van der Waals surface area contributed by atoms with Gasteiger partial charge in [-0.1, -0.05) is 31.5 Å². The van der Waals surface area contributed by atoms with Gasteiger partial charge in [0.25, 0.3) is 5.91 Å². The maximum Gasteiger partial charge on any atom is 0.294 e. The molecule has 128 valence electrons. The van der Waals surface area contributed by atoms with Crippen molar-refractivity contribution in [3.63, 3.8) is 0 Å². The Hall–Kier alpha value is -2.26. The fourth-order valence-corrected chi connectivity index (χ4v) is 2.78. The van der Waals surface area contributed by atoms with Gasteiger partial charge in [-0.25, -0.2) is 13.8 Å². The van der Waals surface area contributed by atoms with Gasteiger partial charge >= 0.3 is 0 Å². The van der Waals surface area contributed by atoms with E-state index in [2.05, 4.69) is 34.4 Å². The number of halogens is 2. The van der Waals surface area contributed by atoms with Gasteiger partial charge in [-0.15, -0.1) is 0 Å². The number of thioether (sulfide) groups is 1. The molecule has 1 aromatic heterocycles. The first kappa shape index (κ1) is 19.8. The van der Waals surface area contributed by atoms with Crippen LogP contribution in [0.5, 0.6) is 0 Å². The Morgan fingerprint density at radius 1 is 1.38 bits per heavy atom. The third kappa shape index (κ3) is 4.62. The Bertz CT molecular complexity index is 733. The van der Waals surface area contributed by atoms with Gasteiger partial charge in [-0.05, 0) is 29.9 Å². The monoisotopic (exact) mass is 371 g/mol. The molecule has 1 heterocycles. The van der Waals surface area contributed by atoms with E-state index >= 15 is 0 Å². The summed E-state index contributed by atoms with van der Waals surface area (Å²) in [5.41, 5.74) is -0.156. The van der Waals surface area contributed by atoms with Crippen LogP contribution < -0.4 is 5.32 Å². The normalized spacial score (nSPS) is 12.7. The van der Waals surface area contributed by atoms with Crippen molar-refractivity contribution in [1.29, 1.82) is 0 Å². The van der Waals surface area contributed by atoms with E-state index in [9.17, 15) is 13.6 Å². The molecule has 0 aliphatic carbocycles. The molecule has 0 aliphatic heterocycles. The average Bonchev–Trinajstić information content (AvgIpc) is 3.03. The number of rotatable bonds is 8. The molecule has 9 heteroatoms. The summed E-state index contributed by atoms with van der Waals surface area (Å²) in [6, 6.07) is 0. The molecule has 1 rings (SSSR count). The van der Waals surface area contributed by atoms with Crippen LogP contribution in [-0.2, 0) is 4.74 Å². The standard InChI is InChI=1S/C15H15F2N3O2S2/c1-6-9(17)11(8(3)16)14-19-12(20-24-14)13(21)18-10(7-2)15(22-4)23-5/h6-7H,1-3H2,4-5H3,(H,18,21)/b11-9-,15-10+. The lowest BCUT2D eigenvalue weighted by Crippen LogP contribution is -2.24. The molecule has 1 N–H and O–H groups in total. The molecule has 1 amide bonds. The van der Waals surface area contributed by atoms with Crippen molar-refractivity contribution in [1.82, 2.24) is 14.7 Å². The molecule has 0 bridgehead atoms. The zero-order valence-electron chi connectivity index (χ0n) is 13.1. The zero-order valence-corrected chi connectivity index (χ0v) is 14.7. The first-order valence-electron chi connectivity index (χ1n) is 6.36. The lowest BCUT2D eigenvalue weighted by Gasteiger charge is -2.09. The number of allylic oxidation sites excluding steroid dienone is 5. The van der Waals surface area contributed by atoms with Crippen molar-refractivity contribution in [2.75, 3.05) is 13.4 Å². The Kier molecular flexibility index (Phi) is 7.53. The molecule has 0 atom stereocenters. The molecular formula is C15H15F2N3O2S2. The molecular weight excluding hydrogens is 356 g/mol. The highest BCUT2D eigenvalue weighted by Gasteiger charge is 2.20. The van der Waals surface area contributed by atoms with Gasteiger partial charge in [-0.2, -0.15) is 4.37 Å². The highest BCUT2D eigenvalue weighted by atomic mass is 32.2. The minimum absolute atomic E-state index is 0.119. The number of amides is 1. The van der Waals surface area contributed by atoms with Crippen LogP contribution in [0.3, 0.4) is 0 Å². The van der Waals surface area contributed by atoms with Crippen molar-refractivity contribution in [2.24, 2.45) is 0 Å². The minimum atomic E-state index is -1.04. The van der Waals surface area contributed by atoms with Gasteiger partial charge in [-0.3, -0.25) is 4.79 Å². The minimum Gasteiger partial charge on any atom is -0.488 e. The van der Waals surface area contributed by atoms with Crippen LogP contribution in [0.1, 0.15) is 15.6 Å². The van der Waals surface area contributed by atoms with Gasteiger partial charge in [0.15, 0.2) is 10.1 Å². The summed E-state index contributed by atoms with van der Waals surface area (Å²) in [7, 11) is 1.45. The van der Waals surface area contributed by atoms with Gasteiger partial charge < -0.3 is 10.1 Å². The van der Waals surface area contributed by atoms with E-state index in [1.54, 1.807) is 6.26 Å². The predicted molar refractivity (Wildman–Crippen MR) is 93.6 cm³/mol. The Morgan fingerprint density at radius 3 is 2.50 bits per heavy atom. The van der Waals surface area contributed by atoms with Crippen LogP contribution in [-0.4, -0.2) is 28.6 Å². The molecule has 1 aromatic rings. The third-order valence-corrected chi connectivity index (χ3v) is 4.07. The van der Waals surface area contributed by atoms with Crippen LogP contribution in [0.15, 0.2) is 54.3 Å². The highest BCUT2D eigenvalue weighted by Crippen LogP contribution is 2.29. The molecule has 5 nitrogen and oxygen atoms in total. The van der Waals surface area contributed by atoms with Crippen LogP contribution >= 0.6 is 23.3 Å². The largest absolute Gasteiger partial charge is 0.488 e. The maximum absolute atomic E-state index is 13.7. The van der Waals surface area contributed by atoms with Gasteiger partial charge in [0.1, 0.15) is 11.7 Å². The molecule has 0 aliphatic rings. The van der Waals surface area contributed by atoms with Crippen molar-refractivity contribution < 1.29 is 18.3 Å². The van der Waals surface area contributed by atoms with Crippen LogP contribution in [0.4, 0.5) is 8.78 Å². The molecule has 24 heavy (non-hydrogen) atoms. The first-order valence-corrected chi connectivity index (χ1v) is 8.36. The number of carbonyl (C=O) groups is 1. The van der Waals surface area contributed by atoms with Crippen LogP contribution in [0, 0.1) is 0 Å². The zero-order chi connectivity index (χ0) is 18.3. The lowest BCUT2D eigenvalue weighted by molar-refractivity contribution is 0.0956. The fraction of sp³-hybridized carbons (Fsp3) is 0.133. The van der Waals surface area contributed by atoms with E-state index in [1.165, 1.54) is 24.9 Å². The lowest BCUT2D eigenvalue weighted by atomic mass is 10.2. The van der Waals surface area contributed by atoms with E-state index in [0.29, 0.717) is 22.3 Å². The summed E-state index contributed by atoms with van der Waals surface area (Å²) < 4.78 is 36.0. The number of hydrogen-bond acceptors (Lipinski definition) is 6. The molecule has 0 saturated carbocycles. The molecule has 0 spiro atoms. The topological polar surface area (TPSA) is 64.1 Å². The Labute approximate surface area is 146 Å². The highest BCUT2D eigenvalue weighted by molar-refractivity contribution is 8.02. The van der Waals surface area contributed by atoms with Gasteiger partial charge in [0.2, 0.25) is 5.82 Å². The van der Waals surface area contributed by atoms with E-state index in [-0.39, 0.29) is 10.8 Å². The van der Waals surface area contributed by atoms with Crippen LogP contribution in [0.25, 0.3) is 5.57 Å². The molecule has 0 aromatic carbocycles. The third-order valence-electron chi connectivity index (χ3n) is 2.58. The molecule has 0 radical (unpaired) electrons. The van der Waals surface area contributed by atoms with E-state index in [0.717, 1.165) is 6.08 Å². The second-order valence-corrected chi connectivity index (χ2v) is 5.55. The summed E-state index contributed by atoms with van der Waals surface area (Å²) in [4.78, 5) is 16.0. The summed E-state index contributed by atoms with van der Waals surface area (Å²) in [6.07, 6.45) is 3.98. The van der Waals surface area contributed by atoms with Crippen molar-refractivity contribution in [3.05, 3.63) is 65.2 Å². The maximum atomic E-state index is 13.7. The van der Waals surface area contributed by atoms with Gasteiger partial charge in [0.05, 0.1) is 18.4 Å². The summed E-state index contributed by atoms with van der Waals surface area (Å²) in [5.74, 6) is -2.90. The molecule has 0 fully saturated rings. The number of ether oxygens (including phenoxy) is 1. The van der Waals surface area contributed by atoms with Crippen molar-refractivity contribution >= 4 is 34.8 Å². The number of hydrogen-bond donors (Lipinski definition) is 1. The van der Waals surface area contributed by atoms with Gasteiger partial charge in [0, 0.05) is 0 Å². The predicted octanol–water partition coefficient (Wildman–Crippen LogP) is 3.98. The second kappa shape index (κ2) is 9.14. The number of nitrogens with zero attached hydrogens (tertiary/aromatic N) is 2. The number of aromatic nitrogens is 2. The fourth-order valence-electron chi connectivity index (χ4n) is 1.53. The van der Waals surface area contributed by atoms with Crippen molar-refractivity contribution in [3.8, 4) is 0 Å². The van der Waals surface area contributed by atoms with Crippen molar-refractivity contribution in [2.45, 2.75) is 0 Å². The smallest absolute Gasteiger partial charge is 0.294 e. The number of methoxy groups -OCH3 is 1. The number of nitrogens with one attached hydrogen (secondary N) is 1. The van der Waals surface area contributed by atoms with Crippen LogP contribution in [0.2, 0.25) is 0 Å². The Morgan fingerprint density at radius 2 is 2.04 bits per heavy atom. The Balaban J connectivity index is 3.15. The summed E-state index contributed by atoms with van der Waals surface area (Å²) in [6.45, 7) is 9.85.